The predicted octanol–water partition coefficient (Wildman–Crippen LogP) is 1.47. The van der Waals surface area contributed by atoms with Gasteiger partial charge >= 0.3 is 12.4 Å². The molecule has 0 bridgehead atoms. The Bertz CT molecular complexity index is 272. The fourth-order valence-electron chi connectivity index (χ4n) is 0.879. The molecule has 0 rings (SSSR count). The molecule has 0 spiro atoms. The Morgan fingerprint density at radius 2 is 1.44 bits per heavy atom. The Labute approximate surface area is 94.8 Å². The van der Waals surface area contributed by atoms with E-state index in [9.17, 15) is 39.9 Å². The summed E-state index contributed by atoms with van der Waals surface area (Å²) < 4.78 is 95.2. The molecular formula is C7H7F8NO2. The highest BCUT2D eigenvalue weighted by Gasteiger charge is 2.61. The van der Waals surface area contributed by atoms with Crippen molar-refractivity contribution in [2.45, 2.75) is 24.9 Å². The number of carbonyl (C=O) groups is 1. The largest absolute Gasteiger partial charge is 0.409 e. The molecule has 0 heterocycles. The maximum atomic E-state index is 12.0. The third-order valence-corrected chi connectivity index (χ3v) is 1.69. The van der Waals surface area contributed by atoms with E-state index in [1.807, 2.05) is 0 Å². The van der Waals surface area contributed by atoms with Gasteiger partial charge in [-0.2, -0.15) is 26.3 Å². The van der Waals surface area contributed by atoms with E-state index in [1.54, 1.807) is 0 Å². The summed E-state index contributed by atoms with van der Waals surface area (Å²) in [7, 11) is 0. The molecule has 0 radical (unpaired) electrons. The maximum Gasteiger partial charge on any atom is 0.409 e. The molecule has 0 aromatic carbocycles. The van der Waals surface area contributed by atoms with Gasteiger partial charge in [-0.25, -0.2) is 8.78 Å². The number of aliphatic hydroxyl groups excluding tert-OH is 1. The van der Waals surface area contributed by atoms with E-state index >= 15 is 0 Å². The van der Waals surface area contributed by atoms with Crippen LogP contribution in [-0.4, -0.2) is 42.4 Å². The Morgan fingerprint density at radius 1 is 1.06 bits per heavy atom. The van der Waals surface area contributed by atoms with Crippen molar-refractivity contribution >= 4 is 5.91 Å². The summed E-state index contributed by atoms with van der Waals surface area (Å²) in [5.74, 6) is -6.87. The average molecular weight is 289 g/mol. The summed E-state index contributed by atoms with van der Waals surface area (Å²) in [5.41, 5.74) is 0. The standard InChI is InChI=1S/C7H7F8NO2/c8-4(9)2(17)1-16-5(18)3(6(10,11)12)7(13,14)15/h2-4,17H,1H2,(H,16,18). The fourth-order valence-corrected chi connectivity index (χ4v) is 0.879. The zero-order chi connectivity index (χ0) is 14.7. The van der Waals surface area contributed by atoms with Crippen LogP contribution >= 0.6 is 0 Å². The van der Waals surface area contributed by atoms with Gasteiger partial charge in [0.25, 0.3) is 6.43 Å². The normalized spacial score (nSPS) is 15.1. The average Bonchev–Trinajstić information content (AvgIpc) is 2.08. The number of amides is 1. The predicted molar refractivity (Wildman–Crippen MR) is 40.6 cm³/mol. The lowest BCUT2D eigenvalue weighted by molar-refractivity contribution is -0.274. The second-order valence-corrected chi connectivity index (χ2v) is 3.16. The van der Waals surface area contributed by atoms with Crippen molar-refractivity contribution in [3.05, 3.63) is 0 Å². The molecule has 1 amide bonds. The van der Waals surface area contributed by atoms with Crippen molar-refractivity contribution in [2.75, 3.05) is 6.54 Å². The van der Waals surface area contributed by atoms with Gasteiger partial charge in [-0.05, 0) is 0 Å². The van der Waals surface area contributed by atoms with Gasteiger partial charge in [-0.3, -0.25) is 4.79 Å². The smallest absolute Gasteiger partial charge is 0.385 e. The van der Waals surface area contributed by atoms with Gasteiger partial charge in [-0.15, -0.1) is 0 Å². The molecule has 0 saturated heterocycles. The lowest BCUT2D eigenvalue weighted by Crippen LogP contribution is -2.49. The van der Waals surface area contributed by atoms with Crippen LogP contribution in [0.5, 0.6) is 0 Å². The highest BCUT2D eigenvalue weighted by atomic mass is 19.4. The number of carbonyl (C=O) groups excluding carboxylic acids is 1. The van der Waals surface area contributed by atoms with Gasteiger partial charge in [0.15, 0.2) is 0 Å². The zero-order valence-electron chi connectivity index (χ0n) is 8.32. The summed E-state index contributed by atoms with van der Waals surface area (Å²) in [6.07, 6.45) is -17.8. The number of halogens is 8. The maximum absolute atomic E-state index is 12.0. The van der Waals surface area contributed by atoms with Crippen LogP contribution in [0.25, 0.3) is 0 Å². The Balaban J connectivity index is 4.71. The number of hydrogen-bond donors (Lipinski definition) is 2. The van der Waals surface area contributed by atoms with E-state index in [1.165, 1.54) is 0 Å². The van der Waals surface area contributed by atoms with Crippen LogP contribution in [0.3, 0.4) is 0 Å². The van der Waals surface area contributed by atoms with Crippen molar-refractivity contribution in [1.82, 2.24) is 5.32 Å². The summed E-state index contributed by atoms with van der Waals surface area (Å²) in [6, 6.07) is 0. The van der Waals surface area contributed by atoms with Crippen LogP contribution in [-0.2, 0) is 4.79 Å². The van der Waals surface area contributed by atoms with Gasteiger partial charge < -0.3 is 10.4 Å². The van der Waals surface area contributed by atoms with E-state index < -0.39 is 43.3 Å². The van der Waals surface area contributed by atoms with E-state index in [4.69, 9.17) is 5.11 Å². The van der Waals surface area contributed by atoms with Gasteiger partial charge in [-0.1, -0.05) is 0 Å². The third kappa shape index (κ3) is 5.02. The molecule has 0 fully saturated rings. The zero-order valence-corrected chi connectivity index (χ0v) is 8.32. The van der Waals surface area contributed by atoms with E-state index in [0.717, 1.165) is 5.32 Å². The van der Waals surface area contributed by atoms with Crippen molar-refractivity contribution in [3.8, 4) is 0 Å². The van der Waals surface area contributed by atoms with Crippen LogP contribution in [0.15, 0.2) is 0 Å². The van der Waals surface area contributed by atoms with Gasteiger partial charge in [0.2, 0.25) is 11.8 Å². The number of hydrogen-bond acceptors (Lipinski definition) is 2. The van der Waals surface area contributed by atoms with Crippen molar-refractivity contribution < 1.29 is 45.0 Å². The van der Waals surface area contributed by atoms with Crippen LogP contribution in [0.2, 0.25) is 0 Å². The first-order valence-corrected chi connectivity index (χ1v) is 4.24. The molecule has 0 saturated carbocycles. The summed E-state index contributed by atoms with van der Waals surface area (Å²) in [5, 5.41) is 9.40. The van der Waals surface area contributed by atoms with Crippen molar-refractivity contribution in [3.63, 3.8) is 0 Å². The van der Waals surface area contributed by atoms with Crippen LogP contribution in [0.4, 0.5) is 35.1 Å². The topological polar surface area (TPSA) is 49.3 Å². The molecule has 11 heteroatoms. The SMILES string of the molecule is O=C(NCC(O)C(F)F)C(C(F)(F)F)C(F)(F)F. The molecule has 0 aromatic rings. The fraction of sp³-hybridized carbons (Fsp3) is 0.857. The molecular weight excluding hydrogens is 282 g/mol. The number of nitrogens with one attached hydrogen (secondary N) is 1. The molecule has 108 valence electrons. The molecule has 0 aliphatic rings. The van der Waals surface area contributed by atoms with Gasteiger partial charge in [0.1, 0.15) is 6.10 Å². The Hall–Kier alpha value is -1.13. The molecule has 1 atom stereocenters. The van der Waals surface area contributed by atoms with E-state index in [2.05, 4.69) is 0 Å². The van der Waals surface area contributed by atoms with Crippen LogP contribution in [0.1, 0.15) is 0 Å². The van der Waals surface area contributed by atoms with Crippen molar-refractivity contribution in [2.24, 2.45) is 5.92 Å². The number of alkyl halides is 8. The number of rotatable bonds is 4. The van der Waals surface area contributed by atoms with Gasteiger partial charge in [0.05, 0.1) is 0 Å². The summed E-state index contributed by atoms with van der Waals surface area (Å²) in [6.45, 7) is -1.42. The lowest BCUT2D eigenvalue weighted by atomic mass is 10.1. The van der Waals surface area contributed by atoms with E-state index in [-0.39, 0.29) is 0 Å². The summed E-state index contributed by atoms with van der Waals surface area (Å²) in [4.78, 5) is 10.7. The highest BCUT2D eigenvalue weighted by Crippen LogP contribution is 2.39. The first-order chi connectivity index (χ1) is 7.87. The quantitative estimate of drug-likeness (QED) is 0.770. The second kappa shape index (κ2) is 5.67. The Morgan fingerprint density at radius 3 is 1.72 bits per heavy atom. The Kier molecular flexibility index (Phi) is 5.32. The minimum absolute atomic E-state index is 0.968. The molecule has 2 N–H and O–H groups in total. The highest BCUT2D eigenvalue weighted by molar-refractivity contribution is 5.80. The van der Waals surface area contributed by atoms with Gasteiger partial charge in [0, 0.05) is 6.54 Å². The molecule has 0 aromatic heterocycles. The molecule has 3 nitrogen and oxygen atoms in total. The van der Waals surface area contributed by atoms with Crippen molar-refractivity contribution in [1.29, 1.82) is 0 Å². The molecule has 1 unspecified atom stereocenters. The molecule has 18 heavy (non-hydrogen) atoms. The third-order valence-electron chi connectivity index (χ3n) is 1.69. The monoisotopic (exact) mass is 289 g/mol. The minimum Gasteiger partial charge on any atom is -0.385 e. The van der Waals surface area contributed by atoms with Crippen LogP contribution < -0.4 is 5.32 Å². The summed E-state index contributed by atoms with van der Waals surface area (Å²) >= 11 is 0. The lowest BCUT2D eigenvalue weighted by Gasteiger charge is -2.22. The first-order valence-electron chi connectivity index (χ1n) is 4.24. The first kappa shape index (κ1) is 16.9. The second-order valence-electron chi connectivity index (χ2n) is 3.16. The van der Waals surface area contributed by atoms with E-state index in [0.29, 0.717) is 0 Å². The minimum atomic E-state index is -5.90. The molecule has 0 aliphatic carbocycles. The number of aliphatic hydroxyl groups is 1. The van der Waals surface area contributed by atoms with Crippen LogP contribution in [0, 0.1) is 5.92 Å². The molecule has 0 aliphatic heterocycles.